The fourth-order valence-corrected chi connectivity index (χ4v) is 1.89. The van der Waals surface area contributed by atoms with Gasteiger partial charge in [0.25, 0.3) is 5.78 Å². The summed E-state index contributed by atoms with van der Waals surface area (Å²) in [7, 11) is 2.40. The molecular formula is C12H10Cl2O5. The Morgan fingerprint density at radius 1 is 1.26 bits per heavy atom. The third-order valence-corrected chi connectivity index (χ3v) is 2.64. The molecule has 0 radical (unpaired) electrons. The molecule has 1 N–H and O–H groups in total. The first-order valence-electron chi connectivity index (χ1n) is 4.97. The van der Waals surface area contributed by atoms with Gasteiger partial charge < -0.3 is 14.6 Å². The van der Waals surface area contributed by atoms with E-state index in [1.807, 2.05) is 0 Å². The summed E-state index contributed by atoms with van der Waals surface area (Å²) in [6.07, 6.45) is 0.705. The van der Waals surface area contributed by atoms with Crippen LogP contribution in [-0.2, 0) is 14.3 Å². The molecule has 102 valence electrons. The maximum Gasteiger partial charge on any atom is 0.378 e. The minimum absolute atomic E-state index is 0.0947. The Morgan fingerprint density at radius 3 is 2.42 bits per heavy atom. The number of hydrogen-bond acceptors (Lipinski definition) is 5. The molecular weight excluding hydrogens is 295 g/mol. The lowest BCUT2D eigenvalue weighted by Crippen LogP contribution is -2.13. The third-order valence-electron chi connectivity index (χ3n) is 2.14. The van der Waals surface area contributed by atoms with Crippen LogP contribution in [0.2, 0.25) is 10.0 Å². The van der Waals surface area contributed by atoms with E-state index in [4.69, 9.17) is 27.9 Å². The predicted molar refractivity (Wildman–Crippen MR) is 70.6 cm³/mol. The molecule has 0 amide bonds. The lowest BCUT2D eigenvalue weighted by Gasteiger charge is -2.10. The third kappa shape index (κ3) is 3.62. The van der Waals surface area contributed by atoms with E-state index in [1.54, 1.807) is 0 Å². The first-order valence-corrected chi connectivity index (χ1v) is 5.72. The van der Waals surface area contributed by atoms with Crippen molar-refractivity contribution in [3.8, 4) is 5.75 Å². The summed E-state index contributed by atoms with van der Waals surface area (Å²) in [5.74, 6) is -2.48. The molecule has 1 aromatic rings. The van der Waals surface area contributed by atoms with Gasteiger partial charge in [-0.25, -0.2) is 4.79 Å². The van der Waals surface area contributed by atoms with Crippen molar-refractivity contribution < 1.29 is 24.2 Å². The summed E-state index contributed by atoms with van der Waals surface area (Å²) in [6.45, 7) is 0. The standard InChI is InChI=1S/C12H10Cl2O5/c1-18-11-7(3-6(13)4-8(11)14)9(15)5-10(16)12(17)19-2/h3-5,15H,1-2H3/b9-5-. The van der Waals surface area contributed by atoms with Crippen LogP contribution in [0.15, 0.2) is 18.2 Å². The molecule has 7 heteroatoms. The van der Waals surface area contributed by atoms with Gasteiger partial charge in [-0.2, -0.15) is 0 Å². The number of benzene rings is 1. The molecule has 0 heterocycles. The largest absolute Gasteiger partial charge is 0.507 e. The van der Waals surface area contributed by atoms with Gasteiger partial charge in [0.05, 0.1) is 24.8 Å². The highest BCUT2D eigenvalue weighted by Crippen LogP contribution is 2.35. The van der Waals surface area contributed by atoms with Gasteiger partial charge in [-0.15, -0.1) is 0 Å². The van der Waals surface area contributed by atoms with Crippen LogP contribution in [0.5, 0.6) is 5.75 Å². The number of ketones is 1. The number of hydrogen-bond donors (Lipinski definition) is 1. The highest BCUT2D eigenvalue weighted by atomic mass is 35.5. The molecule has 0 spiro atoms. The zero-order chi connectivity index (χ0) is 14.6. The van der Waals surface area contributed by atoms with Crippen molar-refractivity contribution in [3.63, 3.8) is 0 Å². The zero-order valence-electron chi connectivity index (χ0n) is 10.1. The zero-order valence-corrected chi connectivity index (χ0v) is 11.6. The molecule has 0 bridgehead atoms. The highest BCUT2D eigenvalue weighted by Gasteiger charge is 2.17. The van der Waals surface area contributed by atoms with Crippen LogP contribution < -0.4 is 4.74 Å². The normalized spacial score (nSPS) is 11.1. The van der Waals surface area contributed by atoms with Crippen LogP contribution in [0.4, 0.5) is 0 Å². The molecule has 0 aliphatic carbocycles. The lowest BCUT2D eigenvalue weighted by molar-refractivity contribution is -0.149. The molecule has 1 aromatic carbocycles. The van der Waals surface area contributed by atoms with Crippen molar-refractivity contribution in [1.82, 2.24) is 0 Å². The predicted octanol–water partition coefficient (Wildman–Crippen LogP) is 2.64. The highest BCUT2D eigenvalue weighted by molar-refractivity contribution is 6.39. The molecule has 0 unspecified atom stereocenters. The molecule has 19 heavy (non-hydrogen) atoms. The minimum Gasteiger partial charge on any atom is -0.507 e. The summed E-state index contributed by atoms with van der Waals surface area (Å²) >= 11 is 11.7. The van der Waals surface area contributed by atoms with Crippen LogP contribution in [0.3, 0.4) is 0 Å². The molecule has 1 rings (SSSR count). The van der Waals surface area contributed by atoms with Gasteiger partial charge in [-0.05, 0) is 12.1 Å². The maximum absolute atomic E-state index is 11.3. The first-order chi connectivity index (χ1) is 8.90. The van der Waals surface area contributed by atoms with E-state index in [-0.39, 0.29) is 21.4 Å². The Morgan fingerprint density at radius 2 is 1.89 bits per heavy atom. The summed E-state index contributed by atoms with van der Waals surface area (Å²) in [6, 6.07) is 2.77. The van der Waals surface area contributed by atoms with E-state index in [0.717, 1.165) is 7.11 Å². The van der Waals surface area contributed by atoms with E-state index in [0.29, 0.717) is 6.08 Å². The monoisotopic (exact) mass is 304 g/mol. The molecule has 0 aromatic heterocycles. The van der Waals surface area contributed by atoms with E-state index < -0.39 is 17.5 Å². The van der Waals surface area contributed by atoms with Crippen molar-refractivity contribution in [2.75, 3.05) is 14.2 Å². The Hall–Kier alpha value is -1.72. The Labute approximate surface area is 119 Å². The van der Waals surface area contributed by atoms with E-state index in [2.05, 4.69) is 4.74 Å². The molecule has 0 saturated carbocycles. The van der Waals surface area contributed by atoms with Crippen LogP contribution in [0.1, 0.15) is 5.56 Å². The number of carbonyl (C=O) groups excluding carboxylic acids is 2. The minimum atomic E-state index is -1.10. The Balaban J connectivity index is 3.26. The summed E-state index contributed by atoms with van der Waals surface area (Å²) < 4.78 is 9.23. The lowest BCUT2D eigenvalue weighted by atomic mass is 10.1. The fourth-order valence-electron chi connectivity index (χ4n) is 1.32. The summed E-state index contributed by atoms with van der Waals surface area (Å²) in [5.41, 5.74) is 0.0947. The molecule has 0 aliphatic heterocycles. The average molecular weight is 305 g/mol. The van der Waals surface area contributed by atoms with Gasteiger partial charge in [-0.1, -0.05) is 23.2 Å². The molecule has 5 nitrogen and oxygen atoms in total. The Bertz CT molecular complexity index is 551. The number of aliphatic hydroxyl groups is 1. The summed E-state index contributed by atoms with van der Waals surface area (Å²) in [4.78, 5) is 22.3. The fraction of sp³-hybridized carbons (Fsp3) is 0.167. The van der Waals surface area contributed by atoms with E-state index in [9.17, 15) is 14.7 Å². The van der Waals surface area contributed by atoms with Crippen LogP contribution >= 0.6 is 23.2 Å². The van der Waals surface area contributed by atoms with Crippen molar-refractivity contribution in [2.24, 2.45) is 0 Å². The number of halogens is 2. The van der Waals surface area contributed by atoms with Crippen LogP contribution in [0, 0.1) is 0 Å². The summed E-state index contributed by atoms with van der Waals surface area (Å²) in [5, 5.41) is 10.2. The molecule has 0 saturated heterocycles. The van der Waals surface area contributed by atoms with E-state index in [1.165, 1.54) is 19.2 Å². The topological polar surface area (TPSA) is 72.8 Å². The van der Waals surface area contributed by atoms with Gasteiger partial charge in [-0.3, -0.25) is 4.79 Å². The SMILES string of the molecule is COC(=O)C(=O)/C=C(\O)c1cc(Cl)cc(Cl)c1OC. The van der Waals surface area contributed by atoms with Gasteiger partial charge in [0.15, 0.2) is 0 Å². The van der Waals surface area contributed by atoms with Gasteiger partial charge in [0, 0.05) is 11.1 Å². The van der Waals surface area contributed by atoms with Crippen LogP contribution in [-0.4, -0.2) is 31.1 Å². The van der Waals surface area contributed by atoms with Crippen molar-refractivity contribution >= 4 is 40.7 Å². The number of carbonyl (C=O) groups is 2. The average Bonchev–Trinajstić information content (AvgIpc) is 2.36. The molecule has 0 atom stereocenters. The van der Waals surface area contributed by atoms with Crippen molar-refractivity contribution in [3.05, 3.63) is 33.8 Å². The smallest absolute Gasteiger partial charge is 0.378 e. The van der Waals surface area contributed by atoms with Crippen LogP contribution in [0.25, 0.3) is 5.76 Å². The second-order valence-electron chi connectivity index (χ2n) is 3.35. The van der Waals surface area contributed by atoms with Crippen molar-refractivity contribution in [1.29, 1.82) is 0 Å². The molecule has 0 fully saturated rings. The van der Waals surface area contributed by atoms with Gasteiger partial charge in [0.1, 0.15) is 11.5 Å². The number of rotatable bonds is 4. The van der Waals surface area contributed by atoms with Gasteiger partial charge in [0.2, 0.25) is 0 Å². The molecule has 0 aliphatic rings. The van der Waals surface area contributed by atoms with Gasteiger partial charge >= 0.3 is 5.97 Å². The second kappa shape index (κ2) is 6.45. The van der Waals surface area contributed by atoms with E-state index >= 15 is 0 Å². The number of ether oxygens (including phenoxy) is 2. The number of methoxy groups -OCH3 is 2. The maximum atomic E-state index is 11.3. The number of esters is 1. The first kappa shape index (κ1) is 15.3. The van der Waals surface area contributed by atoms with Crippen molar-refractivity contribution in [2.45, 2.75) is 0 Å². The Kier molecular flexibility index (Phi) is 5.20. The second-order valence-corrected chi connectivity index (χ2v) is 4.20. The number of aliphatic hydroxyl groups excluding tert-OH is 1. The quantitative estimate of drug-likeness (QED) is 0.401.